The second-order valence-corrected chi connectivity index (χ2v) is 6.21. The highest BCUT2D eigenvalue weighted by Crippen LogP contribution is 2.42. The van der Waals surface area contributed by atoms with Gasteiger partial charge < -0.3 is 15.2 Å². The molecule has 5 nitrogen and oxygen atoms in total. The van der Waals surface area contributed by atoms with E-state index in [0.29, 0.717) is 0 Å². The van der Waals surface area contributed by atoms with Crippen molar-refractivity contribution in [2.45, 2.75) is 18.4 Å². The van der Waals surface area contributed by atoms with Gasteiger partial charge in [0.2, 0.25) is 0 Å². The molecule has 0 amide bonds. The number of nitrogens with zero attached hydrogens (tertiary/aromatic N) is 1. The molecule has 1 spiro atoms. The van der Waals surface area contributed by atoms with E-state index < -0.39 is 5.97 Å². The number of rotatable bonds is 2. The van der Waals surface area contributed by atoms with Crippen molar-refractivity contribution >= 4 is 11.5 Å². The first-order valence-corrected chi connectivity index (χ1v) is 8.09. The maximum Gasteiger partial charge on any atom is 0.354 e. The van der Waals surface area contributed by atoms with Gasteiger partial charge >= 0.3 is 5.97 Å². The van der Waals surface area contributed by atoms with Gasteiger partial charge in [0, 0.05) is 30.2 Å². The molecule has 1 saturated heterocycles. The van der Waals surface area contributed by atoms with E-state index in [-0.39, 0.29) is 11.3 Å². The van der Waals surface area contributed by atoms with Gasteiger partial charge in [-0.15, -0.1) is 0 Å². The Hall–Kier alpha value is -2.66. The number of carbonyl (C=O) groups is 1. The lowest BCUT2D eigenvalue weighted by Gasteiger charge is -2.40. The summed E-state index contributed by atoms with van der Waals surface area (Å²) in [6.07, 6.45) is 5.64. The van der Waals surface area contributed by atoms with Crippen molar-refractivity contribution in [3.05, 3.63) is 65.5 Å². The van der Waals surface area contributed by atoms with Crippen LogP contribution in [0.2, 0.25) is 0 Å². The zero-order chi connectivity index (χ0) is 16.6. The Morgan fingerprint density at radius 1 is 1.17 bits per heavy atom. The monoisotopic (exact) mass is 322 g/mol. The molecule has 2 aromatic rings. The number of hydrogen-bond donors (Lipinski definition) is 2. The minimum absolute atomic E-state index is 0.0521. The molecule has 24 heavy (non-hydrogen) atoms. The van der Waals surface area contributed by atoms with Crippen LogP contribution in [0.4, 0.5) is 0 Å². The van der Waals surface area contributed by atoms with E-state index in [1.54, 1.807) is 12.3 Å². The molecule has 1 aromatic heterocycles. The van der Waals surface area contributed by atoms with Gasteiger partial charge in [-0.1, -0.05) is 24.3 Å². The molecule has 2 aliphatic heterocycles. The first kappa shape index (κ1) is 14.9. The second kappa shape index (κ2) is 5.76. The molecule has 2 aliphatic rings. The third kappa shape index (κ3) is 2.57. The van der Waals surface area contributed by atoms with Gasteiger partial charge in [0.1, 0.15) is 17.0 Å². The van der Waals surface area contributed by atoms with Crippen molar-refractivity contribution in [2.75, 3.05) is 13.1 Å². The molecule has 0 bridgehead atoms. The van der Waals surface area contributed by atoms with Gasteiger partial charge in [0.15, 0.2) is 0 Å². The van der Waals surface area contributed by atoms with E-state index in [9.17, 15) is 4.79 Å². The number of fused-ring (bicyclic) bond motifs is 1. The Balaban J connectivity index is 1.81. The van der Waals surface area contributed by atoms with Crippen LogP contribution in [0, 0.1) is 0 Å². The number of para-hydroxylation sites is 1. The fourth-order valence-corrected chi connectivity index (χ4v) is 3.38. The number of aromatic carboxylic acids is 1. The van der Waals surface area contributed by atoms with E-state index in [4.69, 9.17) is 9.84 Å². The fraction of sp³-hybridized carbons (Fsp3) is 0.263. The van der Waals surface area contributed by atoms with Crippen molar-refractivity contribution < 1.29 is 14.6 Å². The highest BCUT2D eigenvalue weighted by Gasteiger charge is 2.36. The van der Waals surface area contributed by atoms with Gasteiger partial charge in [-0.2, -0.15) is 0 Å². The molecule has 5 heteroatoms. The number of pyridine rings is 1. The van der Waals surface area contributed by atoms with Crippen molar-refractivity contribution in [2.24, 2.45) is 0 Å². The zero-order valence-corrected chi connectivity index (χ0v) is 13.2. The summed E-state index contributed by atoms with van der Waals surface area (Å²) in [4.78, 5) is 15.1. The first-order chi connectivity index (χ1) is 11.7. The SMILES string of the molecule is O=C(O)c1ccc(C2=CC3(CCNCC3)Oc3ccccc32)cn1. The minimum Gasteiger partial charge on any atom is -0.482 e. The predicted octanol–water partition coefficient (Wildman–Crippen LogP) is 2.73. The van der Waals surface area contributed by atoms with E-state index in [1.807, 2.05) is 30.3 Å². The zero-order valence-electron chi connectivity index (χ0n) is 13.2. The molecule has 0 radical (unpaired) electrons. The molecule has 1 aromatic carbocycles. The highest BCUT2D eigenvalue weighted by atomic mass is 16.5. The lowest BCUT2D eigenvalue weighted by atomic mass is 9.83. The molecular formula is C19H18N2O3. The smallest absolute Gasteiger partial charge is 0.354 e. The molecule has 0 atom stereocenters. The summed E-state index contributed by atoms with van der Waals surface area (Å²) in [5, 5.41) is 12.4. The Morgan fingerprint density at radius 3 is 2.67 bits per heavy atom. The Morgan fingerprint density at radius 2 is 1.96 bits per heavy atom. The van der Waals surface area contributed by atoms with Crippen LogP contribution in [0.15, 0.2) is 48.7 Å². The first-order valence-electron chi connectivity index (χ1n) is 8.09. The number of benzene rings is 1. The van der Waals surface area contributed by atoms with Crippen LogP contribution in [-0.4, -0.2) is 34.8 Å². The van der Waals surface area contributed by atoms with Crippen LogP contribution >= 0.6 is 0 Å². The van der Waals surface area contributed by atoms with Crippen molar-refractivity contribution in [1.82, 2.24) is 10.3 Å². The number of aromatic nitrogens is 1. The third-order valence-corrected chi connectivity index (χ3v) is 4.64. The molecule has 3 heterocycles. The molecule has 0 aliphatic carbocycles. The summed E-state index contributed by atoms with van der Waals surface area (Å²) in [5.41, 5.74) is 2.74. The molecule has 0 unspecified atom stereocenters. The Labute approximate surface area is 140 Å². The maximum atomic E-state index is 11.0. The average Bonchev–Trinajstić information content (AvgIpc) is 2.62. The molecule has 1 fully saturated rings. The van der Waals surface area contributed by atoms with Crippen LogP contribution in [0.25, 0.3) is 5.57 Å². The van der Waals surface area contributed by atoms with Crippen LogP contribution in [-0.2, 0) is 0 Å². The lowest BCUT2D eigenvalue weighted by molar-refractivity contribution is 0.0690. The number of ether oxygens (including phenoxy) is 1. The quantitative estimate of drug-likeness (QED) is 0.889. The number of carboxylic acids is 1. The number of piperidine rings is 1. The van der Waals surface area contributed by atoms with Crippen LogP contribution in [0.5, 0.6) is 5.75 Å². The summed E-state index contributed by atoms with van der Waals surface area (Å²) in [7, 11) is 0. The Kier molecular flexibility index (Phi) is 3.58. The lowest BCUT2D eigenvalue weighted by Crippen LogP contribution is -2.46. The largest absolute Gasteiger partial charge is 0.482 e. The van der Waals surface area contributed by atoms with Crippen LogP contribution in [0.1, 0.15) is 34.5 Å². The van der Waals surface area contributed by atoms with Crippen molar-refractivity contribution in [3.8, 4) is 5.75 Å². The normalized spacial score (nSPS) is 18.4. The summed E-state index contributed by atoms with van der Waals surface area (Å²) in [6, 6.07) is 11.3. The summed E-state index contributed by atoms with van der Waals surface area (Å²) < 4.78 is 6.34. The second-order valence-electron chi connectivity index (χ2n) is 6.21. The maximum absolute atomic E-state index is 11.0. The minimum atomic E-state index is -1.02. The van der Waals surface area contributed by atoms with Crippen LogP contribution in [0.3, 0.4) is 0 Å². The average molecular weight is 322 g/mol. The van der Waals surface area contributed by atoms with E-state index >= 15 is 0 Å². The molecule has 122 valence electrons. The number of hydrogen-bond acceptors (Lipinski definition) is 4. The molecule has 0 saturated carbocycles. The predicted molar refractivity (Wildman–Crippen MR) is 90.2 cm³/mol. The fourth-order valence-electron chi connectivity index (χ4n) is 3.38. The standard InChI is InChI=1S/C19H18N2O3/c22-18(23)16-6-5-13(12-21-16)15-11-19(7-9-20-10-8-19)24-17-4-2-1-3-14(15)17/h1-6,11-12,20H,7-10H2,(H,22,23). The van der Waals surface area contributed by atoms with Gasteiger partial charge in [0.25, 0.3) is 0 Å². The number of nitrogens with one attached hydrogen (secondary N) is 1. The molecule has 4 rings (SSSR count). The highest BCUT2D eigenvalue weighted by molar-refractivity contribution is 5.87. The van der Waals surface area contributed by atoms with E-state index in [1.165, 1.54) is 0 Å². The summed E-state index contributed by atoms with van der Waals surface area (Å²) >= 11 is 0. The van der Waals surface area contributed by atoms with Gasteiger partial charge in [-0.3, -0.25) is 0 Å². The van der Waals surface area contributed by atoms with Crippen molar-refractivity contribution in [3.63, 3.8) is 0 Å². The third-order valence-electron chi connectivity index (χ3n) is 4.64. The Bertz CT molecular complexity index is 806. The molecular weight excluding hydrogens is 304 g/mol. The van der Waals surface area contributed by atoms with Crippen LogP contribution < -0.4 is 10.1 Å². The summed E-state index contributed by atoms with van der Waals surface area (Å²) in [6.45, 7) is 1.84. The van der Waals surface area contributed by atoms with Gasteiger partial charge in [0.05, 0.1) is 0 Å². The topological polar surface area (TPSA) is 71.5 Å². The number of carboxylic acid groups (broad SMARTS) is 1. The molecule has 2 N–H and O–H groups in total. The summed E-state index contributed by atoms with van der Waals surface area (Å²) in [5.74, 6) is -0.142. The van der Waals surface area contributed by atoms with Crippen molar-refractivity contribution in [1.29, 1.82) is 0 Å². The van der Waals surface area contributed by atoms with E-state index in [0.717, 1.165) is 48.4 Å². The van der Waals surface area contributed by atoms with E-state index in [2.05, 4.69) is 16.4 Å². The van der Waals surface area contributed by atoms with Gasteiger partial charge in [-0.05, 0) is 36.9 Å². The van der Waals surface area contributed by atoms with Gasteiger partial charge in [-0.25, -0.2) is 9.78 Å².